The van der Waals surface area contributed by atoms with E-state index in [-0.39, 0.29) is 36.1 Å². The average Bonchev–Trinajstić information content (AvgIpc) is 2.54. The Hall–Kier alpha value is -1.93. The summed E-state index contributed by atoms with van der Waals surface area (Å²) in [4.78, 5) is 24.9. The molecule has 1 aromatic rings. The molecule has 1 aliphatic heterocycles. The summed E-state index contributed by atoms with van der Waals surface area (Å²) in [6.07, 6.45) is -0.678. The van der Waals surface area contributed by atoms with Crippen LogP contribution in [-0.2, 0) is 19.4 Å². The smallest absolute Gasteiger partial charge is 0.306 e. The second kappa shape index (κ2) is 7.10. The molecule has 23 heavy (non-hydrogen) atoms. The molecule has 1 aromatic carbocycles. The van der Waals surface area contributed by atoms with Gasteiger partial charge in [0, 0.05) is 18.7 Å². The van der Waals surface area contributed by atoms with Gasteiger partial charge < -0.3 is 14.7 Å². The molecule has 1 unspecified atom stereocenters. The van der Waals surface area contributed by atoms with Crippen LogP contribution in [0, 0.1) is 0 Å². The predicted octanol–water partition coefficient (Wildman–Crippen LogP) is 0.796. The minimum absolute atomic E-state index is 0.000620. The van der Waals surface area contributed by atoms with Gasteiger partial charge in [-0.3, -0.25) is 9.59 Å². The van der Waals surface area contributed by atoms with Crippen molar-refractivity contribution in [1.82, 2.24) is 4.90 Å². The van der Waals surface area contributed by atoms with E-state index in [4.69, 9.17) is 9.84 Å². The lowest BCUT2D eigenvalue weighted by Crippen LogP contribution is -2.46. The third kappa shape index (κ3) is 4.29. The lowest BCUT2D eigenvalue weighted by Gasteiger charge is -2.32. The standard InChI is InChI=1S/C15H19NO6S/c1-2-23(20,21)13-5-3-11(4-6-13)15(19)16-7-8-22-12(10-16)9-14(17)18/h3-6,12H,2,7-10H2,1H3,(H,17,18). The Morgan fingerprint density at radius 3 is 2.52 bits per heavy atom. The van der Waals surface area contributed by atoms with Crippen LogP contribution in [0.3, 0.4) is 0 Å². The number of benzene rings is 1. The summed E-state index contributed by atoms with van der Waals surface area (Å²) in [6.45, 7) is 2.43. The van der Waals surface area contributed by atoms with E-state index in [1.54, 1.807) is 6.92 Å². The number of carbonyl (C=O) groups excluding carboxylic acids is 1. The first-order valence-corrected chi connectivity index (χ1v) is 8.94. The van der Waals surface area contributed by atoms with Gasteiger partial charge in [0.05, 0.1) is 29.8 Å². The van der Waals surface area contributed by atoms with E-state index in [9.17, 15) is 18.0 Å². The number of rotatable bonds is 5. The second-order valence-corrected chi connectivity index (χ2v) is 7.55. The van der Waals surface area contributed by atoms with Gasteiger partial charge in [0.1, 0.15) is 0 Å². The molecular weight excluding hydrogens is 322 g/mol. The zero-order valence-electron chi connectivity index (χ0n) is 12.8. The highest BCUT2D eigenvalue weighted by Crippen LogP contribution is 2.16. The molecule has 0 bridgehead atoms. The van der Waals surface area contributed by atoms with Crippen molar-refractivity contribution in [1.29, 1.82) is 0 Å². The van der Waals surface area contributed by atoms with E-state index in [0.29, 0.717) is 12.1 Å². The maximum absolute atomic E-state index is 12.4. The summed E-state index contributed by atoms with van der Waals surface area (Å²) in [6, 6.07) is 5.79. The van der Waals surface area contributed by atoms with E-state index in [1.165, 1.54) is 29.2 Å². The van der Waals surface area contributed by atoms with Crippen molar-refractivity contribution >= 4 is 21.7 Å². The van der Waals surface area contributed by atoms with Crippen LogP contribution in [0.25, 0.3) is 0 Å². The Morgan fingerprint density at radius 2 is 1.96 bits per heavy atom. The zero-order valence-corrected chi connectivity index (χ0v) is 13.6. The van der Waals surface area contributed by atoms with E-state index >= 15 is 0 Å². The van der Waals surface area contributed by atoms with Crippen LogP contribution < -0.4 is 0 Å². The summed E-state index contributed by atoms with van der Waals surface area (Å²) < 4.78 is 28.9. The number of carboxylic acids is 1. The van der Waals surface area contributed by atoms with E-state index in [0.717, 1.165) is 0 Å². The largest absolute Gasteiger partial charge is 0.481 e. The molecule has 0 aromatic heterocycles. The van der Waals surface area contributed by atoms with Gasteiger partial charge in [-0.15, -0.1) is 0 Å². The Kier molecular flexibility index (Phi) is 5.38. The molecule has 1 saturated heterocycles. The maximum atomic E-state index is 12.4. The number of morpholine rings is 1. The average molecular weight is 341 g/mol. The van der Waals surface area contributed by atoms with Gasteiger partial charge in [0.25, 0.3) is 5.91 Å². The van der Waals surface area contributed by atoms with E-state index < -0.39 is 21.9 Å². The monoisotopic (exact) mass is 341 g/mol. The summed E-state index contributed by atoms with van der Waals surface area (Å²) in [5.41, 5.74) is 0.371. The maximum Gasteiger partial charge on any atom is 0.306 e. The first-order chi connectivity index (χ1) is 10.8. The molecule has 0 aliphatic carbocycles. The lowest BCUT2D eigenvalue weighted by atomic mass is 10.1. The fraction of sp³-hybridized carbons (Fsp3) is 0.467. The number of amides is 1. The van der Waals surface area contributed by atoms with E-state index in [2.05, 4.69) is 0 Å². The number of aliphatic carboxylic acids is 1. The van der Waals surface area contributed by atoms with Crippen molar-refractivity contribution in [2.75, 3.05) is 25.4 Å². The lowest BCUT2D eigenvalue weighted by molar-refractivity contribution is -0.141. The number of hydrogen-bond acceptors (Lipinski definition) is 5. The zero-order chi connectivity index (χ0) is 17.0. The summed E-state index contributed by atoms with van der Waals surface area (Å²) >= 11 is 0. The van der Waals surface area contributed by atoms with Crippen LogP contribution in [0.4, 0.5) is 0 Å². The minimum Gasteiger partial charge on any atom is -0.481 e. The van der Waals surface area contributed by atoms with Crippen molar-refractivity contribution in [2.24, 2.45) is 0 Å². The number of nitrogens with zero attached hydrogens (tertiary/aromatic N) is 1. The normalized spacial score (nSPS) is 18.7. The molecule has 0 spiro atoms. The SMILES string of the molecule is CCS(=O)(=O)c1ccc(C(=O)N2CCOC(CC(=O)O)C2)cc1. The molecule has 1 amide bonds. The highest BCUT2D eigenvalue weighted by Gasteiger charge is 2.26. The Labute approximate surface area is 134 Å². The molecule has 1 N–H and O–H groups in total. The van der Waals surface area contributed by atoms with Crippen LogP contribution in [0.5, 0.6) is 0 Å². The fourth-order valence-corrected chi connectivity index (χ4v) is 3.26. The summed E-state index contributed by atoms with van der Waals surface area (Å²) in [5, 5.41) is 8.80. The number of carbonyl (C=O) groups is 2. The number of hydrogen-bond donors (Lipinski definition) is 1. The number of ether oxygens (including phenoxy) is 1. The van der Waals surface area contributed by atoms with Gasteiger partial charge >= 0.3 is 5.97 Å². The first kappa shape index (κ1) is 17.4. The van der Waals surface area contributed by atoms with E-state index in [1.807, 2.05) is 0 Å². The molecule has 1 aliphatic rings. The Balaban J connectivity index is 2.09. The molecule has 8 heteroatoms. The van der Waals surface area contributed by atoms with Crippen LogP contribution in [0.15, 0.2) is 29.2 Å². The molecule has 1 heterocycles. The molecule has 0 radical (unpaired) electrons. The van der Waals surface area contributed by atoms with Crippen LogP contribution >= 0.6 is 0 Å². The van der Waals surface area contributed by atoms with Crippen LogP contribution in [0.2, 0.25) is 0 Å². The molecule has 1 atom stereocenters. The minimum atomic E-state index is -3.30. The Morgan fingerprint density at radius 1 is 1.30 bits per heavy atom. The fourth-order valence-electron chi connectivity index (χ4n) is 2.38. The molecule has 2 rings (SSSR count). The molecule has 126 valence electrons. The first-order valence-electron chi connectivity index (χ1n) is 7.29. The summed E-state index contributed by atoms with van der Waals surface area (Å²) in [7, 11) is -3.30. The highest BCUT2D eigenvalue weighted by molar-refractivity contribution is 7.91. The van der Waals surface area contributed by atoms with Crippen molar-refractivity contribution in [2.45, 2.75) is 24.3 Å². The molecule has 7 nitrogen and oxygen atoms in total. The number of sulfone groups is 1. The van der Waals surface area contributed by atoms with Crippen molar-refractivity contribution in [3.63, 3.8) is 0 Å². The highest BCUT2D eigenvalue weighted by atomic mass is 32.2. The molecule has 1 fully saturated rings. The third-order valence-corrected chi connectivity index (χ3v) is 5.42. The van der Waals surface area contributed by atoms with Gasteiger partial charge in [-0.25, -0.2) is 8.42 Å². The number of carboxylic acid groups (broad SMARTS) is 1. The van der Waals surface area contributed by atoms with Gasteiger partial charge in [0.15, 0.2) is 9.84 Å². The quantitative estimate of drug-likeness (QED) is 0.850. The van der Waals surface area contributed by atoms with Crippen molar-refractivity contribution in [3.8, 4) is 0 Å². The van der Waals surface area contributed by atoms with Crippen molar-refractivity contribution in [3.05, 3.63) is 29.8 Å². The van der Waals surface area contributed by atoms with Gasteiger partial charge in [-0.1, -0.05) is 6.92 Å². The summed E-state index contributed by atoms with van der Waals surface area (Å²) in [5.74, 6) is -1.23. The third-order valence-electron chi connectivity index (χ3n) is 3.67. The van der Waals surface area contributed by atoms with Crippen molar-refractivity contribution < 1.29 is 27.9 Å². The van der Waals surface area contributed by atoms with Gasteiger partial charge in [-0.05, 0) is 24.3 Å². The molecular formula is C15H19NO6S. The van der Waals surface area contributed by atoms with Crippen LogP contribution in [0.1, 0.15) is 23.7 Å². The Bertz CT molecular complexity index is 682. The van der Waals surface area contributed by atoms with Gasteiger partial charge in [-0.2, -0.15) is 0 Å². The van der Waals surface area contributed by atoms with Gasteiger partial charge in [0.2, 0.25) is 0 Å². The predicted molar refractivity (Wildman–Crippen MR) is 82.1 cm³/mol. The van der Waals surface area contributed by atoms with Crippen LogP contribution in [-0.4, -0.2) is 61.9 Å². The topological polar surface area (TPSA) is 101 Å². The molecule has 0 saturated carbocycles. The second-order valence-electron chi connectivity index (χ2n) is 5.27.